The highest BCUT2D eigenvalue weighted by molar-refractivity contribution is 6.13. The fraction of sp³-hybridized carbons (Fsp3) is 0.455. The Labute approximate surface area is 90.3 Å². The molecule has 0 aliphatic carbocycles. The molecule has 0 aliphatic rings. The van der Waals surface area contributed by atoms with Gasteiger partial charge in [-0.3, -0.25) is 0 Å². The minimum absolute atomic E-state index is 0.150. The van der Waals surface area contributed by atoms with Crippen LogP contribution in [0.15, 0.2) is 18.2 Å². The number of benzene rings is 1. The minimum atomic E-state index is 0.150. The molecule has 14 heavy (non-hydrogen) atoms. The first-order valence-corrected chi connectivity index (χ1v) is 5.07. The predicted molar refractivity (Wildman–Crippen MR) is 59.9 cm³/mol. The maximum absolute atomic E-state index is 5.60. The van der Waals surface area contributed by atoms with Gasteiger partial charge in [0.15, 0.2) is 0 Å². The maximum atomic E-state index is 5.60. The lowest BCUT2D eigenvalue weighted by molar-refractivity contribution is 0.287. The Morgan fingerprint density at radius 1 is 1.43 bits per heavy atom. The van der Waals surface area contributed by atoms with E-state index in [4.69, 9.17) is 16.5 Å². The molecule has 0 radical (unpaired) electrons. The van der Waals surface area contributed by atoms with Crippen LogP contribution in [0, 0.1) is 13.8 Å². The van der Waals surface area contributed by atoms with Crippen LogP contribution in [0.4, 0.5) is 0 Å². The Morgan fingerprint density at radius 2 is 2.14 bits per heavy atom. The average molecular weight is 214 g/mol. The highest BCUT2D eigenvalue weighted by Crippen LogP contribution is 2.18. The molecule has 0 aromatic heterocycles. The third kappa shape index (κ3) is 3.20. The zero-order valence-corrected chi connectivity index (χ0v) is 9.56. The van der Waals surface area contributed by atoms with Crippen molar-refractivity contribution in [2.75, 3.05) is 6.61 Å². The van der Waals surface area contributed by atoms with Crippen LogP contribution in [0.5, 0.6) is 5.75 Å². The molecule has 0 spiro atoms. The van der Waals surface area contributed by atoms with Gasteiger partial charge in [-0.05, 0) is 44.2 Å². The highest BCUT2D eigenvalue weighted by Gasteiger charge is 2.03. The largest absolute Gasteiger partial charge is 0.492 e. The fourth-order valence-electron chi connectivity index (χ4n) is 1.21. The molecule has 0 saturated heterocycles. The summed E-state index contributed by atoms with van der Waals surface area (Å²) in [6.45, 7) is 6.66. The molecule has 1 rings (SSSR count). The SMILES string of the molecule is Cc1ccc(OCC(C)NCl)c(C)c1. The normalized spacial score (nSPS) is 12.6. The van der Waals surface area contributed by atoms with Crippen LogP contribution < -0.4 is 9.57 Å². The summed E-state index contributed by atoms with van der Waals surface area (Å²) in [6, 6.07) is 6.29. The summed E-state index contributed by atoms with van der Waals surface area (Å²) in [5, 5.41) is 0. The smallest absolute Gasteiger partial charge is 0.122 e. The van der Waals surface area contributed by atoms with Gasteiger partial charge < -0.3 is 4.74 Å². The number of aryl methyl sites for hydroxylation is 2. The molecule has 78 valence electrons. The van der Waals surface area contributed by atoms with E-state index >= 15 is 0 Å². The topological polar surface area (TPSA) is 21.3 Å². The van der Waals surface area contributed by atoms with Crippen molar-refractivity contribution in [2.45, 2.75) is 26.8 Å². The Kier molecular flexibility index (Phi) is 4.23. The molecule has 1 atom stereocenters. The molecule has 2 nitrogen and oxygen atoms in total. The van der Waals surface area contributed by atoms with Gasteiger partial charge in [0, 0.05) is 0 Å². The summed E-state index contributed by atoms with van der Waals surface area (Å²) in [6.07, 6.45) is 0. The van der Waals surface area contributed by atoms with E-state index in [0.29, 0.717) is 6.61 Å². The van der Waals surface area contributed by atoms with Crippen molar-refractivity contribution in [2.24, 2.45) is 0 Å². The van der Waals surface area contributed by atoms with Crippen LogP contribution in [0.1, 0.15) is 18.1 Å². The van der Waals surface area contributed by atoms with Crippen LogP contribution in [0.2, 0.25) is 0 Å². The molecular weight excluding hydrogens is 198 g/mol. The second-order valence-electron chi connectivity index (χ2n) is 3.59. The molecular formula is C11H16ClNO. The van der Waals surface area contributed by atoms with Crippen LogP contribution >= 0.6 is 11.8 Å². The third-order valence-electron chi connectivity index (χ3n) is 2.01. The molecule has 0 aliphatic heterocycles. The van der Waals surface area contributed by atoms with E-state index in [-0.39, 0.29) is 6.04 Å². The van der Waals surface area contributed by atoms with Crippen LogP contribution in [0.25, 0.3) is 0 Å². The van der Waals surface area contributed by atoms with Crippen LogP contribution in [0.3, 0.4) is 0 Å². The summed E-state index contributed by atoms with van der Waals surface area (Å²) in [5.41, 5.74) is 2.41. The first-order chi connectivity index (χ1) is 6.63. The van der Waals surface area contributed by atoms with Gasteiger partial charge >= 0.3 is 0 Å². The quantitative estimate of drug-likeness (QED) is 0.777. The summed E-state index contributed by atoms with van der Waals surface area (Å²) in [4.78, 5) is 2.61. The molecule has 0 bridgehead atoms. The third-order valence-corrected chi connectivity index (χ3v) is 2.38. The van der Waals surface area contributed by atoms with E-state index in [0.717, 1.165) is 11.3 Å². The molecule has 0 saturated carbocycles. The van der Waals surface area contributed by atoms with Gasteiger partial charge in [0.2, 0.25) is 0 Å². The first-order valence-electron chi connectivity index (χ1n) is 4.69. The van der Waals surface area contributed by atoms with E-state index in [9.17, 15) is 0 Å². The lowest BCUT2D eigenvalue weighted by Crippen LogP contribution is -2.24. The maximum Gasteiger partial charge on any atom is 0.122 e. The van der Waals surface area contributed by atoms with Crippen LogP contribution in [-0.4, -0.2) is 12.6 Å². The minimum Gasteiger partial charge on any atom is -0.492 e. The number of halogens is 1. The first kappa shape index (κ1) is 11.3. The van der Waals surface area contributed by atoms with Gasteiger partial charge in [-0.2, -0.15) is 0 Å². The molecule has 0 heterocycles. The van der Waals surface area contributed by atoms with E-state index in [1.54, 1.807) is 0 Å². The Hall–Kier alpha value is -0.730. The summed E-state index contributed by atoms with van der Waals surface area (Å²) in [5.74, 6) is 0.925. The molecule has 1 aromatic carbocycles. The lowest BCUT2D eigenvalue weighted by atomic mass is 10.1. The van der Waals surface area contributed by atoms with Gasteiger partial charge in [-0.15, -0.1) is 0 Å². The van der Waals surface area contributed by atoms with Crippen LogP contribution in [-0.2, 0) is 0 Å². The number of nitrogens with one attached hydrogen (secondary N) is 1. The second kappa shape index (κ2) is 5.23. The Morgan fingerprint density at radius 3 is 2.71 bits per heavy atom. The fourth-order valence-corrected chi connectivity index (χ4v) is 1.27. The lowest BCUT2D eigenvalue weighted by Gasteiger charge is -2.12. The standard InChI is InChI=1S/C11H16ClNO/c1-8-4-5-11(9(2)6-8)14-7-10(3)13-12/h4-6,10,13H,7H2,1-3H3. The van der Waals surface area contributed by atoms with Gasteiger partial charge in [0.25, 0.3) is 0 Å². The zero-order chi connectivity index (χ0) is 10.6. The number of rotatable bonds is 4. The second-order valence-corrected chi connectivity index (χ2v) is 3.81. The van der Waals surface area contributed by atoms with Gasteiger partial charge in [0.05, 0.1) is 6.04 Å². The van der Waals surface area contributed by atoms with E-state index in [1.807, 2.05) is 26.0 Å². The van der Waals surface area contributed by atoms with E-state index < -0.39 is 0 Å². The molecule has 1 unspecified atom stereocenters. The van der Waals surface area contributed by atoms with Gasteiger partial charge in [-0.25, -0.2) is 4.84 Å². The van der Waals surface area contributed by atoms with Crippen molar-refractivity contribution in [3.05, 3.63) is 29.3 Å². The molecule has 1 N–H and O–H groups in total. The van der Waals surface area contributed by atoms with Gasteiger partial charge in [0.1, 0.15) is 12.4 Å². The Bertz CT molecular complexity index is 301. The van der Waals surface area contributed by atoms with E-state index in [1.165, 1.54) is 5.56 Å². The van der Waals surface area contributed by atoms with Crippen molar-refractivity contribution in [3.63, 3.8) is 0 Å². The molecule has 1 aromatic rings. The van der Waals surface area contributed by atoms with Crippen molar-refractivity contribution in [1.29, 1.82) is 0 Å². The molecule has 0 amide bonds. The van der Waals surface area contributed by atoms with Crippen molar-refractivity contribution in [1.82, 2.24) is 4.84 Å². The van der Waals surface area contributed by atoms with E-state index in [2.05, 4.69) is 17.8 Å². The zero-order valence-electron chi connectivity index (χ0n) is 8.80. The summed E-state index contributed by atoms with van der Waals surface area (Å²) >= 11 is 5.45. The molecule has 3 heteroatoms. The number of hydrogen-bond donors (Lipinski definition) is 1. The van der Waals surface area contributed by atoms with Crippen molar-refractivity contribution < 1.29 is 4.74 Å². The summed E-state index contributed by atoms with van der Waals surface area (Å²) in [7, 11) is 0. The number of ether oxygens (including phenoxy) is 1. The summed E-state index contributed by atoms with van der Waals surface area (Å²) < 4.78 is 5.60. The monoisotopic (exact) mass is 213 g/mol. The predicted octanol–water partition coefficient (Wildman–Crippen LogP) is 2.81. The van der Waals surface area contributed by atoms with Crippen molar-refractivity contribution >= 4 is 11.8 Å². The Balaban J connectivity index is 2.59. The molecule has 0 fully saturated rings. The number of hydrogen-bond acceptors (Lipinski definition) is 2. The highest BCUT2D eigenvalue weighted by atomic mass is 35.5. The van der Waals surface area contributed by atoms with Crippen molar-refractivity contribution in [3.8, 4) is 5.75 Å². The average Bonchev–Trinajstić information content (AvgIpc) is 2.16. The van der Waals surface area contributed by atoms with Gasteiger partial charge in [-0.1, -0.05) is 17.7 Å².